The summed E-state index contributed by atoms with van der Waals surface area (Å²) in [6.45, 7) is 5.51. The van der Waals surface area contributed by atoms with Gasteiger partial charge in [-0.1, -0.05) is 0 Å². The molecule has 0 saturated heterocycles. The van der Waals surface area contributed by atoms with E-state index < -0.39 is 5.79 Å². The van der Waals surface area contributed by atoms with Gasteiger partial charge < -0.3 is 29.0 Å². The highest BCUT2D eigenvalue weighted by molar-refractivity contribution is 5.56. The highest BCUT2D eigenvalue weighted by Crippen LogP contribution is 2.37. The lowest BCUT2D eigenvalue weighted by Crippen LogP contribution is -2.36. The zero-order valence-electron chi connectivity index (χ0n) is 15.1. The lowest BCUT2D eigenvalue weighted by atomic mass is 10.1. The number of aromatic nitrogens is 1. The molecule has 2 aliphatic rings. The normalized spacial score (nSPS) is 16.7. The van der Waals surface area contributed by atoms with Crippen molar-refractivity contribution in [1.29, 1.82) is 0 Å². The van der Waals surface area contributed by atoms with Gasteiger partial charge in [0.25, 0.3) is 0 Å². The Kier molecular flexibility index (Phi) is 4.34. The molecule has 0 radical (unpaired) electrons. The van der Waals surface area contributed by atoms with Gasteiger partial charge in [0.2, 0.25) is 12.6 Å². The quantitative estimate of drug-likeness (QED) is 0.880. The average Bonchev–Trinajstić information content (AvgIpc) is 3.08. The maximum atomic E-state index is 6.03. The van der Waals surface area contributed by atoms with Crippen LogP contribution < -0.4 is 19.5 Å². The Balaban J connectivity index is 1.57. The number of ether oxygens (including phenoxy) is 5. The molecule has 0 fully saturated rings. The third-order valence-electron chi connectivity index (χ3n) is 4.35. The van der Waals surface area contributed by atoms with Crippen LogP contribution in [0.25, 0.3) is 0 Å². The zero-order valence-corrected chi connectivity index (χ0v) is 15.1. The van der Waals surface area contributed by atoms with Crippen LogP contribution in [-0.2, 0) is 29.2 Å². The topological polar surface area (TPSA) is 71.1 Å². The van der Waals surface area contributed by atoms with Crippen LogP contribution in [0.1, 0.15) is 30.7 Å². The van der Waals surface area contributed by atoms with Gasteiger partial charge in [-0.3, -0.25) is 4.98 Å². The fourth-order valence-electron chi connectivity index (χ4n) is 3.01. The summed E-state index contributed by atoms with van der Waals surface area (Å²) in [7, 11) is 1.65. The van der Waals surface area contributed by atoms with Gasteiger partial charge in [0, 0.05) is 51.0 Å². The second-order valence-electron chi connectivity index (χ2n) is 6.68. The van der Waals surface area contributed by atoms with Crippen molar-refractivity contribution in [1.82, 2.24) is 4.98 Å². The van der Waals surface area contributed by atoms with Gasteiger partial charge in [-0.25, -0.2) is 0 Å². The van der Waals surface area contributed by atoms with Gasteiger partial charge in [0.15, 0.2) is 17.2 Å². The molecule has 2 aromatic rings. The largest absolute Gasteiger partial charge is 0.461 e. The van der Waals surface area contributed by atoms with Gasteiger partial charge in [-0.15, -0.1) is 0 Å². The van der Waals surface area contributed by atoms with E-state index in [0.29, 0.717) is 19.8 Å². The van der Waals surface area contributed by atoms with Gasteiger partial charge in [0.05, 0.1) is 13.2 Å². The van der Waals surface area contributed by atoms with Crippen molar-refractivity contribution < 1.29 is 23.7 Å². The summed E-state index contributed by atoms with van der Waals surface area (Å²) in [6, 6.07) is 5.79. The Morgan fingerprint density at radius 2 is 2.08 bits per heavy atom. The summed E-state index contributed by atoms with van der Waals surface area (Å²) in [4.78, 5) is 4.53. The number of nitrogens with zero attached hydrogens (tertiary/aromatic N) is 1. The molecule has 7 nitrogen and oxygen atoms in total. The van der Waals surface area contributed by atoms with E-state index in [4.69, 9.17) is 23.7 Å². The molecule has 26 heavy (non-hydrogen) atoms. The Bertz CT molecular complexity index is 822. The van der Waals surface area contributed by atoms with E-state index in [0.717, 1.165) is 39.8 Å². The minimum Gasteiger partial charge on any atom is -0.461 e. The van der Waals surface area contributed by atoms with Crippen molar-refractivity contribution in [3.05, 3.63) is 41.2 Å². The molecule has 1 aromatic heterocycles. The van der Waals surface area contributed by atoms with Crippen molar-refractivity contribution in [2.24, 2.45) is 0 Å². The van der Waals surface area contributed by atoms with Crippen LogP contribution in [0.3, 0.4) is 0 Å². The van der Waals surface area contributed by atoms with Gasteiger partial charge >= 0.3 is 0 Å². The molecule has 0 atom stereocenters. The molecule has 7 heteroatoms. The van der Waals surface area contributed by atoms with Crippen LogP contribution in [0.15, 0.2) is 24.4 Å². The number of rotatable bonds is 5. The van der Waals surface area contributed by atoms with E-state index >= 15 is 0 Å². The highest BCUT2D eigenvalue weighted by Gasteiger charge is 2.31. The van der Waals surface area contributed by atoms with Gasteiger partial charge in [0.1, 0.15) is 5.69 Å². The Hall–Kier alpha value is -2.51. The number of anilines is 1. The second kappa shape index (κ2) is 6.66. The minimum absolute atomic E-state index is 0.266. The van der Waals surface area contributed by atoms with Crippen LogP contribution in [0, 0.1) is 0 Å². The SMILES string of the molecule is COCc1ncc(CNc2ccc3c(c2)OCO3)c2c1OC(C)(C)OC2. The van der Waals surface area contributed by atoms with Gasteiger partial charge in [-0.2, -0.15) is 0 Å². The number of hydrogen-bond donors (Lipinski definition) is 1. The van der Waals surface area contributed by atoms with Crippen LogP contribution in [-0.4, -0.2) is 24.7 Å². The van der Waals surface area contributed by atoms with Crippen molar-refractivity contribution in [3.63, 3.8) is 0 Å². The molecule has 138 valence electrons. The first kappa shape index (κ1) is 16.9. The molecule has 0 unspecified atom stereocenters. The molecule has 1 N–H and O–H groups in total. The highest BCUT2D eigenvalue weighted by atomic mass is 16.7. The number of hydrogen-bond acceptors (Lipinski definition) is 7. The molecular weight excluding hydrogens is 336 g/mol. The standard InChI is InChI=1S/C19H22N2O5/c1-19(2)25-9-14-12(8-21-15(10-22-3)18(14)26-19)7-20-13-4-5-16-17(6-13)24-11-23-16/h4-6,8,20H,7,9-11H2,1-3H3. The predicted molar refractivity (Wildman–Crippen MR) is 94.3 cm³/mol. The summed E-state index contributed by atoms with van der Waals surface area (Å²) in [5, 5.41) is 3.40. The second-order valence-corrected chi connectivity index (χ2v) is 6.68. The number of pyridine rings is 1. The number of fused-ring (bicyclic) bond motifs is 2. The molecular formula is C19H22N2O5. The fourth-order valence-corrected chi connectivity index (χ4v) is 3.01. The zero-order chi connectivity index (χ0) is 18.1. The molecule has 0 amide bonds. The molecule has 0 bridgehead atoms. The van der Waals surface area contributed by atoms with Crippen molar-refractivity contribution in [3.8, 4) is 17.2 Å². The first-order chi connectivity index (χ1) is 12.6. The van der Waals surface area contributed by atoms with Crippen LogP contribution in [0.5, 0.6) is 17.2 Å². The maximum absolute atomic E-state index is 6.03. The van der Waals surface area contributed by atoms with E-state index in [1.54, 1.807) is 7.11 Å². The minimum atomic E-state index is -0.680. The van der Waals surface area contributed by atoms with E-state index in [9.17, 15) is 0 Å². The van der Waals surface area contributed by atoms with E-state index in [-0.39, 0.29) is 6.79 Å². The van der Waals surface area contributed by atoms with Crippen molar-refractivity contribution >= 4 is 5.69 Å². The third-order valence-corrected chi connectivity index (χ3v) is 4.35. The molecule has 0 spiro atoms. The monoisotopic (exact) mass is 358 g/mol. The van der Waals surface area contributed by atoms with E-state index in [1.165, 1.54) is 0 Å². The Morgan fingerprint density at radius 1 is 1.23 bits per heavy atom. The van der Waals surface area contributed by atoms with Crippen LogP contribution in [0.4, 0.5) is 5.69 Å². The molecule has 0 saturated carbocycles. The average molecular weight is 358 g/mol. The number of nitrogens with one attached hydrogen (secondary N) is 1. The first-order valence-electron chi connectivity index (χ1n) is 8.51. The Morgan fingerprint density at radius 3 is 2.92 bits per heavy atom. The lowest BCUT2D eigenvalue weighted by molar-refractivity contribution is -0.181. The summed E-state index contributed by atoms with van der Waals surface area (Å²) >= 11 is 0. The maximum Gasteiger partial charge on any atom is 0.231 e. The predicted octanol–water partition coefficient (Wildman–Crippen LogP) is 3.21. The first-order valence-corrected chi connectivity index (χ1v) is 8.51. The molecule has 0 aliphatic carbocycles. The number of methoxy groups -OCH3 is 1. The van der Waals surface area contributed by atoms with E-state index in [1.807, 2.05) is 38.2 Å². The molecule has 2 aliphatic heterocycles. The lowest BCUT2D eigenvalue weighted by Gasteiger charge is -2.34. The molecule has 3 heterocycles. The Labute approximate surface area is 152 Å². The summed E-state index contributed by atoms with van der Waals surface area (Å²) in [5.74, 6) is 1.59. The summed E-state index contributed by atoms with van der Waals surface area (Å²) in [6.07, 6.45) is 1.85. The van der Waals surface area contributed by atoms with E-state index in [2.05, 4.69) is 10.3 Å². The third kappa shape index (κ3) is 3.27. The fraction of sp³-hybridized carbons (Fsp3) is 0.421. The molecule has 4 rings (SSSR count). The van der Waals surface area contributed by atoms with Gasteiger partial charge in [-0.05, 0) is 17.7 Å². The molecule has 1 aromatic carbocycles. The van der Waals surface area contributed by atoms with Crippen molar-refractivity contribution in [2.75, 3.05) is 19.2 Å². The smallest absolute Gasteiger partial charge is 0.231 e. The number of benzene rings is 1. The van der Waals surface area contributed by atoms with Crippen molar-refractivity contribution in [2.45, 2.75) is 39.4 Å². The van der Waals surface area contributed by atoms with Crippen LogP contribution in [0.2, 0.25) is 0 Å². The summed E-state index contributed by atoms with van der Waals surface area (Å²) in [5.41, 5.74) is 3.75. The van der Waals surface area contributed by atoms with Crippen LogP contribution >= 0.6 is 0 Å². The summed E-state index contributed by atoms with van der Waals surface area (Å²) < 4.78 is 27.9.